The first-order chi connectivity index (χ1) is 15.2. The first-order valence-corrected chi connectivity index (χ1v) is 9.73. The molecule has 1 aromatic heterocycles. The Morgan fingerprint density at radius 1 is 1.19 bits per heavy atom. The van der Waals surface area contributed by atoms with Crippen LogP contribution in [0.15, 0.2) is 53.3 Å². The number of nitro benzene ring substituents is 1. The van der Waals surface area contributed by atoms with Gasteiger partial charge in [0, 0.05) is 18.2 Å². The van der Waals surface area contributed by atoms with E-state index in [1.54, 1.807) is 31.2 Å². The maximum absolute atomic E-state index is 12.7. The third-order valence-electron chi connectivity index (χ3n) is 4.33. The Morgan fingerprint density at radius 2 is 1.88 bits per heavy atom. The normalized spacial score (nSPS) is 10.5. The molecule has 11 heteroatoms. The lowest BCUT2D eigenvalue weighted by atomic mass is 10.1. The third-order valence-corrected chi connectivity index (χ3v) is 4.66. The summed E-state index contributed by atoms with van der Waals surface area (Å²) in [5.74, 6) is -1.73. The number of benzene rings is 2. The van der Waals surface area contributed by atoms with Crippen LogP contribution in [-0.4, -0.2) is 33.2 Å². The second-order valence-corrected chi connectivity index (χ2v) is 7.00. The number of non-ortho nitro benzene ring substituents is 1. The van der Waals surface area contributed by atoms with Crippen LogP contribution in [0.3, 0.4) is 0 Å². The number of carbonyl (C=O) groups is 2. The average Bonchev–Trinajstić information content (AvgIpc) is 2.75. The van der Waals surface area contributed by atoms with Gasteiger partial charge in [0.25, 0.3) is 17.2 Å². The summed E-state index contributed by atoms with van der Waals surface area (Å²) in [6, 6.07) is 11.2. The van der Waals surface area contributed by atoms with Gasteiger partial charge in [-0.3, -0.25) is 19.7 Å². The molecule has 0 saturated heterocycles. The molecule has 2 aromatic carbocycles. The number of amides is 1. The SMILES string of the molecule is CCOC(=O)c1nn(-c2ccc(C)cc2)c(=O)cc1NC(=O)c1cc([N+](=O)[O-])ccc1Cl. The molecule has 0 spiro atoms. The number of aromatic nitrogens is 2. The van der Waals surface area contributed by atoms with Crippen LogP contribution in [0.1, 0.15) is 33.3 Å². The molecule has 1 amide bonds. The molecule has 1 heterocycles. The van der Waals surface area contributed by atoms with Crippen LogP contribution < -0.4 is 10.9 Å². The van der Waals surface area contributed by atoms with Crippen molar-refractivity contribution in [2.45, 2.75) is 13.8 Å². The third kappa shape index (κ3) is 4.81. The molecule has 164 valence electrons. The monoisotopic (exact) mass is 456 g/mol. The zero-order valence-electron chi connectivity index (χ0n) is 17.0. The maximum atomic E-state index is 12.7. The number of nitro groups is 1. The number of anilines is 1. The van der Waals surface area contributed by atoms with E-state index in [1.165, 1.54) is 6.07 Å². The summed E-state index contributed by atoms with van der Waals surface area (Å²) in [5, 5.41) is 17.4. The molecule has 0 bridgehead atoms. The molecule has 1 N–H and O–H groups in total. The Balaban J connectivity index is 2.06. The van der Waals surface area contributed by atoms with Crippen molar-refractivity contribution in [1.29, 1.82) is 0 Å². The Bertz CT molecular complexity index is 1270. The van der Waals surface area contributed by atoms with Crippen LogP contribution in [0, 0.1) is 17.0 Å². The van der Waals surface area contributed by atoms with Crippen LogP contribution in [0.4, 0.5) is 11.4 Å². The Morgan fingerprint density at radius 3 is 2.50 bits per heavy atom. The number of nitrogens with zero attached hydrogens (tertiary/aromatic N) is 3. The van der Waals surface area contributed by atoms with E-state index in [2.05, 4.69) is 10.4 Å². The van der Waals surface area contributed by atoms with E-state index in [0.29, 0.717) is 5.69 Å². The molecule has 10 nitrogen and oxygen atoms in total. The summed E-state index contributed by atoms with van der Waals surface area (Å²) in [7, 11) is 0. The van der Waals surface area contributed by atoms with Crippen LogP contribution in [0.5, 0.6) is 0 Å². The zero-order chi connectivity index (χ0) is 23.4. The fourth-order valence-electron chi connectivity index (χ4n) is 2.76. The van der Waals surface area contributed by atoms with Gasteiger partial charge >= 0.3 is 5.97 Å². The minimum absolute atomic E-state index is 0.0360. The highest BCUT2D eigenvalue weighted by Gasteiger charge is 2.22. The lowest BCUT2D eigenvalue weighted by molar-refractivity contribution is -0.384. The van der Waals surface area contributed by atoms with E-state index in [0.717, 1.165) is 28.4 Å². The highest BCUT2D eigenvalue weighted by molar-refractivity contribution is 6.34. The molecule has 0 fully saturated rings. The molecule has 0 atom stereocenters. The molecular weight excluding hydrogens is 440 g/mol. The van der Waals surface area contributed by atoms with Crippen molar-refractivity contribution in [2.75, 3.05) is 11.9 Å². The van der Waals surface area contributed by atoms with Crippen molar-refractivity contribution >= 4 is 34.9 Å². The van der Waals surface area contributed by atoms with E-state index >= 15 is 0 Å². The van der Waals surface area contributed by atoms with Gasteiger partial charge in [-0.1, -0.05) is 29.3 Å². The Labute approximate surface area is 186 Å². The molecule has 0 radical (unpaired) electrons. The molecule has 3 rings (SSSR count). The second kappa shape index (κ2) is 9.40. The van der Waals surface area contributed by atoms with E-state index < -0.39 is 22.4 Å². The van der Waals surface area contributed by atoms with Crippen molar-refractivity contribution in [2.24, 2.45) is 0 Å². The predicted molar refractivity (Wildman–Crippen MR) is 117 cm³/mol. The number of aryl methyl sites for hydroxylation is 1. The van der Waals surface area contributed by atoms with E-state index in [9.17, 15) is 24.5 Å². The van der Waals surface area contributed by atoms with Gasteiger partial charge in [0.05, 0.1) is 33.5 Å². The van der Waals surface area contributed by atoms with E-state index in [1.807, 2.05) is 6.92 Å². The first kappa shape index (κ1) is 22.6. The number of hydrogen-bond acceptors (Lipinski definition) is 7. The summed E-state index contributed by atoms with van der Waals surface area (Å²) in [6.45, 7) is 3.50. The van der Waals surface area contributed by atoms with Gasteiger partial charge in [0.1, 0.15) is 0 Å². The summed E-state index contributed by atoms with van der Waals surface area (Å²) < 4.78 is 6.00. The van der Waals surface area contributed by atoms with E-state index in [-0.39, 0.29) is 34.3 Å². The maximum Gasteiger partial charge on any atom is 0.360 e. The average molecular weight is 457 g/mol. The van der Waals surface area contributed by atoms with Crippen molar-refractivity contribution in [3.05, 3.63) is 90.8 Å². The van der Waals surface area contributed by atoms with Gasteiger partial charge in [0.15, 0.2) is 5.69 Å². The summed E-state index contributed by atoms with van der Waals surface area (Å²) in [6.07, 6.45) is 0. The van der Waals surface area contributed by atoms with Gasteiger partial charge in [-0.05, 0) is 32.0 Å². The molecule has 0 aliphatic heterocycles. The van der Waals surface area contributed by atoms with Gasteiger partial charge in [-0.15, -0.1) is 0 Å². The smallest absolute Gasteiger partial charge is 0.360 e. The molecule has 0 aliphatic carbocycles. The molecule has 32 heavy (non-hydrogen) atoms. The largest absolute Gasteiger partial charge is 0.461 e. The zero-order valence-corrected chi connectivity index (χ0v) is 17.8. The van der Waals surface area contributed by atoms with Crippen molar-refractivity contribution in [3.8, 4) is 5.69 Å². The lowest BCUT2D eigenvalue weighted by Gasteiger charge is -2.13. The molecule has 0 unspecified atom stereocenters. The summed E-state index contributed by atoms with van der Waals surface area (Å²) in [4.78, 5) is 48.2. The van der Waals surface area contributed by atoms with Gasteiger partial charge in [-0.25, -0.2) is 4.79 Å². The van der Waals surface area contributed by atoms with Crippen LogP contribution in [0.2, 0.25) is 5.02 Å². The summed E-state index contributed by atoms with van der Waals surface area (Å²) >= 11 is 6.01. The standard InChI is InChI=1S/C21H17ClN4O6/c1-3-32-21(29)19-17(11-18(27)25(24-19)13-6-4-12(2)5-7-13)23-20(28)15-10-14(26(30)31)8-9-16(15)22/h4-11H,3H2,1-2H3,(H,23,28). The number of nitrogens with one attached hydrogen (secondary N) is 1. The fraction of sp³-hybridized carbons (Fsp3) is 0.143. The number of halogens is 1. The topological polar surface area (TPSA) is 133 Å². The number of esters is 1. The predicted octanol–water partition coefficient (Wildman–Crippen LogP) is 3.53. The number of hydrogen-bond donors (Lipinski definition) is 1. The highest BCUT2D eigenvalue weighted by Crippen LogP contribution is 2.24. The van der Waals surface area contributed by atoms with Gasteiger partial charge in [0.2, 0.25) is 0 Å². The quantitative estimate of drug-likeness (QED) is 0.340. The highest BCUT2D eigenvalue weighted by atomic mass is 35.5. The number of carbonyl (C=O) groups excluding carboxylic acids is 2. The number of rotatable bonds is 6. The van der Waals surface area contributed by atoms with Crippen LogP contribution >= 0.6 is 11.6 Å². The lowest BCUT2D eigenvalue weighted by Crippen LogP contribution is -2.27. The van der Waals surface area contributed by atoms with Crippen molar-refractivity contribution < 1.29 is 19.2 Å². The Hall–Kier alpha value is -4.05. The molecule has 0 saturated carbocycles. The first-order valence-electron chi connectivity index (χ1n) is 9.35. The fourth-order valence-corrected chi connectivity index (χ4v) is 2.97. The van der Waals surface area contributed by atoms with Gasteiger partial charge in [-0.2, -0.15) is 9.78 Å². The van der Waals surface area contributed by atoms with Crippen molar-refractivity contribution in [1.82, 2.24) is 9.78 Å². The van der Waals surface area contributed by atoms with Crippen molar-refractivity contribution in [3.63, 3.8) is 0 Å². The molecular formula is C21H17ClN4O6. The second-order valence-electron chi connectivity index (χ2n) is 6.59. The Kier molecular flexibility index (Phi) is 6.64. The van der Waals surface area contributed by atoms with Gasteiger partial charge < -0.3 is 10.1 Å². The molecule has 0 aliphatic rings. The van der Waals surface area contributed by atoms with Crippen LogP contribution in [0.25, 0.3) is 5.69 Å². The van der Waals surface area contributed by atoms with Crippen LogP contribution in [-0.2, 0) is 4.74 Å². The molecule has 3 aromatic rings. The number of ether oxygens (including phenoxy) is 1. The van der Waals surface area contributed by atoms with E-state index in [4.69, 9.17) is 16.3 Å². The minimum atomic E-state index is -0.867. The minimum Gasteiger partial charge on any atom is -0.461 e. The summed E-state index contributed by atoms with van der Waals surface area (Å²) in [5.41, 5.74) is -0.346.